The largest absolute Gasteiger partial charge is 0.234 e. The molecule has 0 bridgehead atoms. The van der Waals surface area contributed by atoms with E-state index >= 15 is 0 Å². The van der Waals surface area contributed by atoms with Crippen LogP contribution in [-0.4, -0.2) is 19.8 Å². The second kappa shape index (κ2) is 20.0. The van der Waals surface area contributed by atoms with Crippen LogP contribution in [0.2, 0.25) is 0 Å². The van der Waals surface area contributed by atoms with Crippen LogP contribution in [0.15, 0.2) is 24.7 Å². The van der Waals surface area contributed by atoms with E-state index < -0.39 is 0 Å². The fraction of sp³-hybridized carbons (Fsp3) is 0.615. The topological polar surface area (TPSA) is 43.1 Å². The van der Waals surface area contributed by atoms with Crippen LogP contribution in [-0.2, 0) is 0 Å². The molecule has 0 N–H and O–H groups in total. The summed E-state index contributed by atoms with van der Waals surface area (Å²) in [7, 11) is 0. The van der Waals surface area contributed by atoms with Crippen molar-refractivity contribution in [2.24, 2.45) is 0 Å². The van der Waals surface area contributed by atoms with E-state index in [-0.39, 0.29) is 0 Å². The van der Waals surface area contributed by atoms with Gasteiger partial charge in [-0.3, -0.25) is 0 Å². The van der Waals surface area contributed by atoms with E-state index in [9.17, 15) is 0 Å². The van der Waals surface area contributed by atoms with Gasteiger partial charge in [0.2, 0.25) is 0 Å². The Morgan fingerprint density at radius 3 is 1.65 bits per heavy atom. The highest BCUT2D eigenvalue weighted by Crippen LogP contribution is 1.89. The Hall–Kier alpha value is -1.45. The SMILES string of the molecule is CC.CC.CC.CC.c1cnn2nccc2n1. The molecule has 2 aromatic rings. The summed E-state index contributed by atoms with van der Waals surface area (Å²) in [6, 6.07) is 1.80. The van der Waals surface area contributed by atoms with Gasteiger partial charge in [-0.2, -0.15) is 10.2 Å². The number of hydrogen-bond acceptors (Lipinski definition) is 3. The van der Waals surface area contributed by atoms with Crippen LogP contribution in [0.1, 0.15) is 55.4 Å². The maximum atomic E-state index is 3.98. The molecule has 0 saturated carbocycles. The van der Waals surface area contributed by atoms with Crippen LogP contribution >= 0.6 is 0 Å². The number of nitrogens with zero attached hydrogens (tertiary/aromatic N) is 4. The van der Waals surface area contributed by atoms with Gasteiger partial charge in [0, 0.05) is 12.3 Å². The van der Waals surface area contributed by atoms with Gasteiger partial charge in [-0.1, -0.05) is 55.4 Å². The highest BCUT2D eigenvalue weighted by molar-refractivity contribution is 5.32. The third-order valence-corrected chi connectivity index (χ3v) is 1.05. The van der Waals surface area contributed by atoms with Gasteiger partial charge < -0.3 is 0 Å². The molecule has 2 rings (SSSR count). The minimum Gasteiger partial charge on any atom is -0.234 e. The van der Waals surface area contributed by atoms with Crippen molar-refractivity contribution in [2.45, 2.75) is 55.4 Å². The van der Waals surface area contributed by atoms with E-state index in [1.165, 1.54) is 4.63 Å². The van der Waals surface area contributed by atoms with Crippen LogP contribution in [0, 0.1) is 0 Å². The zero-order valence-electron chi connectivity index (χ0n) is 12.6. The minimum atomic E-state index is 0.775. The third kappa shape index (κ3) is 9.48. The first-order valence-corrected chi connectivity index (χ1v) is 6.58. The van der Waals surface area contributed by atoms with Gasteiger partial charge in [-0.25, -0.2) is 4.98 Å². The van der Waals surface area contributed by atoms with Crippen molar-refractivity contribution in [2.75, 3.05) is 0 Å². The van der Waals surface area contributed by atoms with Gasteiger partial charge in [-0.15, -0.1) is 4.63 Å². The van der Waals surface area contributed by atoms with E-state index in [1.807, 2.05) is 55.4 Å². The lowest BCUT2D eigenvalue weighted by atomic mass is 10.7. The molecule has 0 amide bonds. The maximum Gasteiger partial charge on any atom is 0.175 e. The Labute approximate surface area is 106 Å². The molecule has 4 nitrogen and oxygen atoms in total. The standard InChI is InChI=1S/C5H4N4.4C2H6/c1-2-7-9-5(1)6-3-4-8-9;4*1-2/h1-4H;4*1-2H3. The lowest BCUT2D eigenvalue weighted by molar-refractivity contribution is 0.783. The summed E-state index contributed by atoms with van der Waals surface area (Å²) in [6.45, 7) is 16.0. The first-order valence-electron chi connectivity index (χ1n) is 6.58. The fourth-order valence-corrected chi connectivity index (χ4v) is 0.675. The molecular formula is C13H28N4. The van der Waals surface area contributed by atoms with E-state index in [0.29, 0.717) is 0 Å². The molecule has 0 radical (unpaired) electrons. The lowest BCUT2D eigenvalue weighted by Gasteiger charge is -1.84. The Kier molecular flexibility index (Phi) is 24.6. The molecule has 0 fully saturated rings. The zero-order chi connectivity index (χ0) is 14.1. The number of fused-ring (bicyclic) bond motifs is 1. The highest BCUT2D eigenvalue weighted by atomic mass is 15.4. The van der Waals surface area contributed by atoms with Gasteiger partial charge in [0.05, 0.1) is 12.4 Å². The second-order valence-electron chi connectivity index (χ2n) is 1.62. The Balaban J connectivity index is -0.000000212. The highest BCUT2D eigenvalue weighted by Gasteiger charge is 1.88. The summed E-state index contributed by atoms with van der Waals surface area (Å²) in [5.41, 5.74) is 0.775. The molecule has 4 heteroatoms. The van der Waals surface area contributed by atoms with Crippen molar-refractivity contribution in [3.63, 3.8) is 0 Å². The molecule has 100 valence electrons. The van der Waals surface area contributed by atoms with Crippen LogP contribution in [0.25, 0.3) is 5.65 Å². The number of aromatic nitrogens is 4. The van der Waals surface area contributed by atoms with Crippen molar-refractivity contribution in [3.8, 4) is 0 Å². The molecular weight excluding hydrogens is 212 g/mol. The molecule has 0 atom stereocenters. The molecule has 0 aliphatic carbocycles. The van der Waals surface area contributed by atoms with Gasteiger partial charge in [-0.05, 0) is 0 Å². The molecule has 2 aromatic heterocycles. The molecule has 0 aliphatic heterocycles. The summed E-state index contributed by atoms with van der Waals surface area (Å²) < 4.78 is 1.47. The summed E-state index contributed by atoms with van der Waals surface area (Å²) in [5.74, 6) is 0. The molecule has 0 saturated heterocycles. The number of hydrogen-bond donors (Lipinski definition) is 0. The minimum absolute atomic E-state index is 0.775. The van der Waals surface area contributed by atoms with Crippen LogP contribution in [0.4, 0.5) is 0 Å². The summed E-state index contributed by atoms with van der Waals surface area (Å²) >= 11 is 0. The van der Waals surface area contributed by atoms with Crippen molar-refractivity contribution < 1.29 is 0 Å². The first kappa shape index (κ1) is 20.9. The lowest BCUT2D eigenvalue weighted by Crippen LogP contribution is -1.92. The van der Waals surface area contributed by atoms with Crippen molar-refractivity contribution in [3.05, 3.63) is 24.7 Å². The molecule has 2 heterocycles. The van der Waals surface area contributed by atoms with Crippen molar-refractivity contribution >= 4 is 5.65 Å². The van der Waals surface area contributed by atoms with Crippen LogP contribution in [0.3, 0.4) is 0 Å². The monoisotopic (exact) mass is 240 g/mol. The van der Waals surface area contributed by atoms with Crippen molar-refractivity contribution in [1.29, 1.82) is 0 Å². The molecule has 0 spiro atoms. The van der Waals surface area contributed by atoms with E-state index in [1.54, 1.807) is 24.7 Å². The zero-order valence-corrected chi connectivity index (χ0v) is 12.6. The maximum absolute atomic E-state index is 3.98. The van der Waals surface area contributed by atoms with Crippen LogP contribution < -0.4 is 0 Å². The van der Waals surface area contributed by atoms with Gasteiger partial charge in [0.25, 0.3) is 0 Å². The summed E-state index contributed by atoms with van der Waals surface area (Å²) in [5, 5.41) is 7.75. The quantitative estimate of drug-likeness (QED) is 0.692. The summed E-state index contributed by atoms with van der Waals surface area (Å²) in [6.07, 6.45) is 4.90. The summed E-state index contributed by atoms with van der Waals surface area (Å²) in [4.78, 5) is 3.98. The molecule has 0 aliphatic rings. The average molecular weight is 240 g/mol. The predicted octanol–water partition coefficient (Wildman–Crippen LogP) is 4.23. The average Bonchev–Trinajstić information content (AvgIpc) is 2.96. The Morgan fingerprint density at radius 1 is 0.706 bits per heavy atom. The Morgan fingerprint density at radius 2 is 1.18 bits per heavy atom. The van der Waals surface area contributed by atoms with Crippen LogP contribution in [0.5, 0.6) is 0 Å². The molecule has 17 heavy (non-hydrogen) atoms. The smallest absolute Gasteiger partial charge is 0.175 e. The van der Waals surface area contributed by atoms with Gasteiger partial charge >= 0.3 is 0 Å². The second-order valence-corrected chi connectivity index (χ2v) is 1.62. The normalized spacial score (nSPS) is 6.82. The number of rotatable bonds is 0. The Bertz CT molecular complexity index is 287. The van der Waals surface area contributed by atoms with Gasteiger partial charge in [0.1, 0.15) is 0 Å². The third-order valence-electron chi connectivity index (χ3n) is 1.05. The van der Waals surface area contributed by atoms with Gasteiger partial charge in [0.15, 0.2) is 5.65 Å². The van der Waals surface area contributed by atoms with Crippen molar-refractivity contribution in [1.82, 2.24) is 19.8 Å². The predicted molar refractivity (Wildman–Crippen MR) is 76.2 cm³/mol. The fourth-order valence-electron chi connectivity index (χ4n) is 0.675. The molecule has 0 aromatic carbocycles. The van der Waals surface area contributed by atoms with E-state index in [0.717, 1.165) is 5.65 Å². The van der Waals surface area contributed by atoms with E-state index in [2.05, 4.69) is 15.2 Å². The van der Waals surface area contributed by atoms with E-state index in [4.69, 9.17) is 0 Å². The first-order chi connectivity index (χ1) is 8.47. The molecule has 0 unspecified atom stereocenters.